The van der Waals surface area contributed by atoms with Gasteiger partial charge in [0, 0.05) is 12.8 Å². The monoisotopic (exact) mass is 460 g/mol. The highest BCUT2D eigenvalue weighted by Crippen LogP contribution is 2.45. The van der Waals surface area contributed by atoms with Gasteiger partial charge in [0.2, 0.25) is 6.29 Å². The van der Waals surface area contributed by atoms with Crippen molar-refractivity contribution in [2.45, 2.75) is 56.9 Å². The summed E-state index contributed by atoms with van der Waals surface area (Å²) in [6, 6.07) is 0. The summed E-state index contributed by atoms with van der Waals surface area (Å²) >= 11 is 0. The van der Waals surface area contributed by atoms with Crippen LogP contribution in [0.3, 0.4) is 0 Å². The van der Waals surface area contributed by atoms with Crippen LogP contribution in [0.1, 0.15) is 13.8 Å². The number of rotatable bonds is 7. The number of aliphatic hydroxyl groups is 5. The molecule has 0 saturated carbocycles. The molecule has 0 amide bonds. The van der Waals surface area contributed by atoms with E-state index in [2.05, 4.69) is 0 Å². The Balaban J connectivity index is 1.86. The predicted molar refractivity (Wildman–Crippen MR) is 102 cm³/mol. The molecule has 1 aliphatic carbocycles. The van der Waals surface area contributed by atoms with Crippen LogP contribution in [0.5, 0.6) is 0 Å². The fourth-order valence-corrected chi connectivity index (χ4v) is 4.06. The Hall–Kier alpha value is -2.06. The number of hydrogen-bond donors (Lipinski definition) is 5. The molecule has 180 valence electrons. The van der Waals surface area contributed by atoms with Crippen molar-refractivity contribution in [1.29, 1.82) is 0 Å². The lowest BCUT2D eigenvalue weighted by Gasteiger charge is -2.43. The van der Waals surface area contributed by atoms with Crippen molar-refractivity contribution in [1.82, 2.24) is 0 Å². The van der Waals surface area contributed by atoms with Crippen LogP contribution in [-0.2, 0) is 33.3 Å². The zero-order chi connectivity index (χ0) is 23.6. The molecule has 0 bridgehead atoms. The Morgan fingerprint density at radius 3 is 2.38 bits per heavy atom. The number of esters is 2. The maximum Gasteiger partial charge on any atom is 0.337 e. The summed E-state index contributed by atoms with van der Waals surface area (Å²) in [5, 5.41) is 50.2. The SMILES string of the molecule is CCOC(=O)C1=CO[C@@H](O[C@@H]2O[C@H](CO)[C@@H](O)[C@H](O)[C@H]2O)C2C(COC(C)=O)=C[C@H](O)C12. The fourth-order valence-electron chi connectivity index (χ4n) is 4.06. The number of fused-ring (bicyclic) bond motifs is 1. The van der Waals surface area contributed by atoms with Crippen LogP contribution in [0.25, 0.3) is 0 Å². The van der Waals surface area contributed by atoms with Gasteiger partial charge in [0.25, 0.3) is 0 Å². The summed E-state index contributed by atoms with van der Waals surface area (Å²) in [7, 11) is 0. The van der Waals surface area contributed by atoms with E-state index in [0.29, 0.717) is 5.57 Å². The zero-order valence-electron chi connectivity index (χ0n) is 17.6. The second-order valence-corrected chi connectivity index (χ2v) is 7.70. The van der Waals surface area contributed by atoms with Gasteiger partial charge in [0.05, 0.1) is 37.1 Å². The summed E-state index contributed by atoms with van der Waals surface area (Å²) in [4.78, 5) is 23.7. The van der Waals surface area contributed by atoms with E-state index in [-0.39, 0.29) is 18.8 Å². The van der Waals surface area contributed by atoms with Crippen LogP contribution in [0.2, 0.25) is 0 Å². The minimum atomic E-state index is -1.68. The van der Waals surface area contributed by atoms with Gasteiger partial charge in [0.15, 0.2) is 6.29 Å². The highest BCUT2D eigenvalue weighted by molar-refractivity contribution is 5.89. The van der Waals surface area contributed by atoms with E-state index in [4.69, 9.17) is 23.7 Å². The topological polar surface area (TPSA) is 181 Å². The molecule has 5 N–H and O–H groups in total. The van der Waals surface area contributed by atoms with E-state index in [0.717, 1.165) is 6.26 Å². The van der Waals surface area contributed by atoms with Gasteiger partial charge < -0.3 is 49.2 Å². The van der Waals surface area contributed by atoms with E-state index in [1.807, 2.05) is 0 Å². The van der Waals surface area contributed by atoms with Crippen LogP contribution in [0, 0.1) is 11.8 Å². The normalized spacial score (nSPS) is 38.8. The maximum atomic E-state index is 12.4. The van der Waals surface area contributed by atoms with Crippen molar-refractivity contribution < 1.29 is 58.8 Å². The minimum Gasteiger partial charge on any atom is -0.471 e. The average molecular weight is 460 g/mol. The third-order valence-electron chi connectivity index (χ3n) is 5.62. The molecule has 1 fully saturated rings. The summed E-state index contributed by atoms with van der Waals surface area (Å²) in [5.74, 6) is -2.95. The van der Waals surface area contributed by atoms with Gasteiger partial charge >= 0.3 is 11.9 Å². The number of aliphatic hydroxyl groups excluding tert-OH is 5. The van der Waals surface area contributed by atoms with Crippen LogP contribution in [-0.4, -0.2) is 100 Å². The summed E-state index contributed by atoms with van der Waals surface area (Å²) in [6.07, 6.45) is -7.51. The largest absolute Gasteiger partial charge is 0.471 e. The molecule has 12 heteroatoms. The van der Waals surface area contributed by atoms with Gasteiger partial charge in [-0.15, -0.1) is 0 Å². The molecule has 0 spiro atoms. The van der Waals surface area contributed by atoms with Crippen molar-refractivity contribution in [2.24, 2.45) is 11.8 Å². The Morgan fingerprint density at radius 1 is 1.03 bits per heavy atom. The summed E-state index contributed by atoms with van der Waals surface area (Å²) in [6.45, 7) is 2.09. The minimum absolute atomic E-state index is 0.0482. The van der Waals surface area contributed by atoms with Gasteiger partial charge in [-0.2, -0.15) is 0 Å². The number of ether oxygens (including phenoxy) is 5. The summed E-state index contributed by atoms with van der Waals surface area (Å²) < 4.78 is 26.7. The second-order valence-electron chi connectivity index (χ2n) is 7.70. The molecule has 1 saturated heterocycles. The fraction of sp³-hybridized carbons (Fsp3) is 0.700. The lowest BCUT2D eigenvalue weighted by atomic mass is 9.82. The Bertz CT molecular complexity index is 762. The highest BCUT2D eigenvalue weighted by Gasteiger charge is 2.52. The van der Waals surface area contributed by atoms with Gasteiger partial charge in [-0.05, 0) is 12.5 Å². The quantitative estimate of drug-likeness (QED) is 0.203. The first-order valence-electron chi connectivity index (χ1n) is 10.2. The highest BCUT2D eigenvalue weighted by atomic mass is 16.8. The molecule has 3 rings (SSSR count). The van der Waals surface area contributed by atoms with Crippen molar-refractivity contribution in [3.05, 3.63) is 23.5 Å². The number of hydrogen-bond acceptors (Lipinski definition) is 12. The third kappa shape index (κ3) is 4.81. The van der Waals surface area contributed by atoms with Crippen LogP contribution >= 0.6 is 0 Å². The number of carbonyl (C=O) groups is 2. The van der Waals surface area contributed by atoms with E-state index >= 15 is 0 Å². The molecule has 3 aliphatic rings. The van der Waals surface area contributed by atoms with Crippen LogP contribution in [0.15, 0.2) is 23.5 Å². The molecule has 2 heterocycles. The molecule has 0 aromatic heterocycles. The Labute approximate surface area is 183 Å². The molecule has 12 nitrogen and oxygen atoms in total. The van der Waals surface area contributed by atoms with Gasteiger partial charge in [0.1, 0.15) is 31.0 Å². The van der Waals surface area contributed by atoms with Gasteiger partial charge in [-0.1, -0.05) is 6.08 Å². The average Bonchev–Trinajstić information content (AvgIpc) is 3.09. The van der Waals surface area contributed by atoms with Crippen LogP contribution < -0.4 is 0 Å². The van der Waals surface area contributed by atoms with Gasteiger partial charge in [-0.3, -0.25) is 4.79 Å². The zero-order valence-corrected chi connectivity index (χ0v) is 17.6. The lowest BCUT2D eigenvalue weighted by Crippen LogP contribution is -2.60. The van der Waals surface area contributed by atoms with Crippen molar-refractivity contribution in [2.75, 3.05) is 19.8 Å². The standard InChI is InChI=1S/C20H28O12/c1-3-28-18(27)10-7-30-19(13-9(6-29-8(2)22)4-11(23)14(10)13)32-20-17(26)16(25)15(24)12(5-21)31-20/h4,7,11-17,19-21,23-26H,3,5-6H2,1-2H3/t11-,12+,13?,14?,15+,16-,17+,19-,20-/m0/s1. The molecular weight excluding hydrogens is 432 g/mol. The second kappa shape index (κ2) is 10.3. The van der Waals surface area contributed by atoms with Gasteiger partial charge in [-0.25, -0.2) is 4.79 Å². The first-order chi connectivity index (χ1) is 15.2. The van der Waals surface area contributed by atoms with Crippen molar-refractivity contribution in [3.63, 3.8) is 0 Å². The molecule has 2 unspecified atom stereocenters. The van der Waals surface area contributed by atoms with Crippen molar-refractivity contribution in [3.8, 4) is 0 Å². The lowest BCUT2D eigenvalue weighted by molar-refractivity contribution is -0.340. The van der Waals surface area contributed by atoms with Crippen LogP contribution in [0.4, 0.5) is 0 Å². The molecule has 2 aliphatic heterocycles. The third-order valence-corrected chi connectivity index (χ3v) is 5.62. The smallest absolute Gasteiger partial charge is 0.337 e. The molecule has 0 aromatic rings. The summed E-state index contributed by atoms with van der Waals surface area (Å²) in [5.41, 5.74) is 0.453. The first-order valence-corrected chi connectivity index (χ1v) is 10.2. The Morgan fingerprint density at radius 2 is 1.75 bits per heavy atom. The van der Waals surface area contributed by atoms with E-state index < -0.39 is 73.5 Å². The molecule has 32 heavy (non-hydrogen) atoms. The Kier molecular flexibility index (Phi) is 7.88. The van der Waals surface area contributed by atoms with Crippen molar-refractivity contribution >= 4 is 11.9 Å². The van der Waals surface area contributed by atoms with E-state index in [9.17, 15) is 35.1 Å². The molecule has 0 radical (unpaired) electrons. The number of carbonyl (C=O) groups excluding carboxylic acids is 2. The molecular formula is C20H28O12. The molecule has 9 atom stereocenters. The predicted octanol–water partition coefficient (Wildman–Crippen LogP) is -2.30. The first kappa shape index (κ1) is 24.6. The van der Waals surface area contributed by atoms with E-state index in [1.165, 1.54) is 13.0 Å². The van der Waals surface area contributed by atoms with E-state index in [1.54, 1.807) is 6.92 Å². The maximum absolute atomic E-state index is 12.4. The molecule has 0 aromatic carbocycles.